The van der Waals surface area contributed by atoms with Crippen molar-refractivity contribution in [2.24, 2.45) is 23.7 Å². The predicted octanol–water partition coefficient (Wildman–Crippen LogP) is 4.94. The average Bonchev–Trinajstić information content (AvgIpc) is 2.78. The number of benzene rings is 2. The van der Waals surface area contributed by atoms with E-state index in [1.165, 1.54) is 32.1 Å². The summed E-state index contributed by atoms with van der Waals surface area (Å²) in [5, 5.41) is 6.76. The van der Waals surface area contributed by atoms with E-state index in [-0.39, 0.29) is 12.5 Å². The number of carbonyl (C=O) groups excluding carboxylic acids is 1. The number of rotatable bonds is 8. The molecule has 4 fully saturated rings. The Morgan fingerprint density at radius 2 is 1.66 bits per heavy atom. The molecule has 2 aromatic rings. The first-order chi connectivity index (χ1) is 15.6. The van der Waals surface area contributed by atoms with Gasteiger partial charge in [0.2, 0.25) is 0 Å². The molecule has 4 aliphatic carbocycles. The molecule has 0 unspecified atom stereocenters. The van der Waals surface area contributed by atoms with Gasteiger partial charge < -0.3 is 20.1 Å². The first-order valence-electron chi connectivity index (χ1n) is 12.0. The Bertz CT molecular complexity index is 928. The zero-order valence-electron chi connectivity index (χ0n) is 19.1. The van der Waals surface area contributed by atoms with Gasteiger partial charge in [-0.05, 0) is 80.9 Å². The number of nitrogens with one attached hydrogen (secondary N) is 2. The number of hydrogen-bond acceptors (Lipinski definition) is 4. The molecule has 1 amide bonds. The monoisotopic (exact) mass is 434 g/mol. The molecule has 0 aliphatic heterocycles. The van der Waals surface area contributed by atoms with Crippen LogP contribution in [0.3, 0.4) is 0 Å². The molecule has 0 aromatic heterocycles. The summed E-state index contributed by atoms with van der Waals surface area (Å²) in [5.74, 6) is 4.72. The number of ether oxygens (including phenoxy) is 2. The van der Waals surface area contributed by atoms with Crippen molar-refractivity contribution in [2.75, 3.05) is 19.0 Å². The van der Waals surface area contributed by atoms with E-state index in [1.807, 2.05) is 43.3 Å². The molecule has 0 atom stereocenters. The highest BCUT2D eigenvalue weighted by atomic mass is 16.5. The van der Waals surface area contributed by atoms with Crippen molar-refractivity contribution in [3.8, 4) is 11.5 Å². The lowest BCUT2D eigenvalue weighted by molar-refractivity contribution is -0.118. The lowest BCUT2D eigenvalue weighted by Gasteiger charge is -2.54. The fourth-order valence-corrected chi connectivity index (χ4v) is 6.48. The van der Waals surface area contributed by atoms with Crippen LogP contribution in [-0.4, -0.2) is 25.7 Å². The van der Waals surface area contributed by atoms with Crippen LogP contribution < -0.4 is 20.1 Å². The molecular weight excluding hydrogens is 400 g/mol. The minimum atomic E-state index is -0.181. The number of anilines is 1. The van der Waals surface area contributed by atoms with Gasteiger partial charge in [0, 0.05) is 23.8 Å². The standard InChI is InChI=1S/C27H34N2O3/c1-17-6-8-23(9-7-17)29-25(30)16-32-27-20(4-3-5-24(27)31-2)15-28-26-21-11-18-10-19(13-21)14-22(26)12-18/h3-9,18-19,21-22,26,28H,10-16H2,1-2H3,(H,29,30). The first-order valence-corrected chi connectivity index (χ1v) is 12.0. The highest BCUT2D eigenvalue weighted by molar-refractivity contribution is 5.91. The second-order valence-electron chi connectivity index (χ2n) is 9.99. The molecule has 2 N–H and O–H groups in total. The van der Waals surface area contributed by atoms with E-state index in [1.54, 1.807) is 7.11 Å². The Labute approximate surface area is 190 Å². The Morgan fingerprint density at radius 3 is 2.31 bits per heavy atom. The first kappa shape index (κ1) is 21.3. The third kappa shape index (κ3) is 4.49. The van der Waals surface area contributed by atoms with E-state index >= 15 is 0 Å². The summed E-state index contributed by atoms with van der Waals surface area (Å²) in [5.41, 5.74) is 2.97. The molecule has 5 heteroatoms. The lowest BCUT2D eigenvalue weighted by Crippen LogP contribution is -2.54. The van der Waals surface area contributed by atoms with E-state index in [2.05, 4.69) is 16.7 Å². The van der Waals surface area contributed by atoms with Crippen LogP contribution in [0.25, 0.3) is 0 Å². The minimum absolute atomic E-state index is 0.0563. The van der Waals surface area contributed by atoms with Gasteiger partial charge in [-0.2, -0.15) is 0 Å². The van der Waals surface area contributed by atoms with Crippen LogP contribution in [0.15, 0.2) is 42.5 Å². The van der Waals surface area contributed by atoms with Gasteiger partial charge in [0.1, 0.15) is 0 Å². The maximum absolute atomic E-state index is 12.5. The molecular formula is C27H34N2O3. The van der Waals surface area contributed by atoms with Crippen molar-refractivity contribution in [3.05, 3.63) is 53.6 Å². The van der Waals surface area contributed by atoms with E-state index in [4.69, 9.17) is 9.47 Å². The summed E-state index contributed by atoms with van der Waals surface area (Å²) in [6.45, 7) is 2.70. The molecule has 4 saturated carbocycles. The summed E-state index contributed by atoms with van der Waals surface area (Å²) in [4.78, 5) is 12.5. The molecule has 0 saturated heterocycles. The van der Waals surface area contributed by atoms with Gasteiger partial charge in [-0.25, -0.2) is 0 Å². The van der Waals surface area contributed by atoms with Gasteiger partial charge in [0.05, 0.1) is 7.11 Å². The Morgan fingerprint density at radius 1 is 0.969 bits per heavy atom. The summed E-state index contributed by atoms with van der Waals surface area (Å²) < 4.78 is 11.5. The molecule has 6 rings (SSSR count). The maximum Gasteiger partial charge on any atom is 0.262 e. The zero-order valence-corrected chi connectivity index (χ0v) is 19.1. The molecule has 0 spiro atoms. The van der Waals surface area contributed by atoms with Crippen LogP contribution in [0, 0.1) is 30.6 Å². The van der Waals surface area contributed by atoms with Crippen LogP contribution in [0.5, 0.6) is 11.5 Å². The van der Waals surface area contributed by atoms with Crippen molar-refractivity contribution in [3.63, 3.8) is 0 Å². The Kier molecular flexibility index (Phi) is 6.09. The number of carbonyl (C=O) groups is 1. The summed E-state index contributed by atoms with van der Waals surface area (Å²) >= 11 is 0. The third-order valence-electron chi connectivity index (χ3n) is 7.72. The summed E-state index contributed by atoms with van der Waals surface area (Å²) in [6.07, 6.45) is 7.05. The number of para-hydroxylation sites is 1. The molecule has 5 nitrogen and oxygen atoms in total. The normalized spacial score (nSPS) is 27.9. The van der Waals surface area contributed by atoms with Crippen molar-refractivity contribution in [1.29, 1.82) is 0 Å². The summed E-state index contributed by atoms with van der Waals surface area (Å²) in [7, 11) is 1.64. The molecule has 2 aromatic carbocycles. The maximum atomic E-state index is 12.5. The second-order valence-corrected chi connectivity index (χ2v) is 9.99. The van der Waals surface area contributed by atoms with Crippen molar-refractivity contribution in [2.45, 2.75) is 51.6 Å². The summed E-state index contributed by atoms with van der Waals surface area (Å²) in [6, 6.07) is 14.3. The third-order valence-corrected chi connectivity index (χ3v) is 7.72. The van der Waals surface area contributed by atoms with Gasteiger partial charge in [-0.15, -0.1) is 0 Å². The number of amides is 1. The Hall–Kier alpha value is -2.53. The van der Waals surface area contributed by atoms with Crippen LogP contribution >= 0.6 is 0 Å². The fraction of sp³-hybridized carbons (Fsp3) is 0.519. The SMILES string of the molecule is COc1cccc(CNC2C3CC4CC(C3)CC2C4)c1OCC(=O)Nc1ccc(C)cc1. The van der Waals surface area contributed by atoms with Gasteiger partial charge in [0.15, 0.2) is 18.1 Å². The van der Waals surface area contributed by atoms with E-state index in [0.717, 1.165) is 47.0 Å². The largest absolute Gasteiger partial charge is 0.493 e. The zero-order chi connectivity index (χ0) is 22.1. The quantitative estimate of drug-likeness (QED) is 0.618. The number of hydrogen-bond donors (Lipinski definition) is 2. The molecule has 32 heavy (non-hydrogen) atoms. The topological polar surface area (TPSA) is 59.6 Å². The molecule has 4 bridgehead atoms. The second kappa shape index (κ2) is 9.14. The van der Waals surface area contributed by atoms with Crippen molar-refractivity contribution < 1.29 is 14.3 Å². The van der Waals surface area contributed by atoms with E-state index < -0.39 is 0 Å². The molecule has 0 radical (unpaired) electrons. The fourth-order valence-electron chi connectivity index (χ4n) is 6.48. The molecule has 170 valence electrons. The minimum Gasteiger partial charge on any atom is -0.493 e. The van der Waals surface area contributed by atoms with Gasteiger partial charge >= 0.3 is 0 Å². The smallest absolute Gasteiger partial charge is 0.262 e. The van der Waals surface area contributed by atoms with Gasteiger partial charge in [-0.1, -0.05) is 29.8 Å². The van der Waals surface area contributed by atoms with Gasteiger partial charge in [0.25, 0.3) is 5.91 Å². The van der Waals surface area contributed by atoms with Gasteiger partial charge in [-0.3, -0.25) is 4.79 Å². The van der Waals surface area contributed by atoms with E-state index in [9.17, 15) is 4.79 Å². The highest BCUT2D eigenvalue weighted by Gasteiger charge is 2.47. The molecule has 4 aliphatic rings. The van der Waals surface area contributed by atoms with Crippen LogP contribution in [0.2, 0.25) is 0 Å². The highest BCUT2D eigenvalue weighted by Crippen LogP contribution is 2.53. The van der Waals surface area contributed by atoms with Crippen molar-refractivity contribution in [1.82, 2.24) is 5.32 Å². The van der Waals surface area contributed by atoms with Crippen LogP contribution in [0.1, 0.15) is 43.2 Å². The number of methoxy groups -OCH3 is 1. The van der Waals surface area contributed by atoms with Crippen LogP contribution in [0.4, 0.5) is 5.69 Å². The Balaban J connectivity index is 1.23. The number of aryl methyl sites for hydroxylation is 1. The average molecular weight is 435 g/mol. The van der Waals surface area contributed by atoms with E-state index in [0.29, 0.717) is 17.5 Å². The predicted molar refractivity (Wildman–Crippen MR) is 126 cm³/mol. The van der Waals surface area contributed by atoms with Crippen molar-refractivity contribution >= 4 is 11.6 Å². The lowest BCUT2D eigenvalue weighted by atomic mass is 9.54. The van der Waals surface area contributed by atoms with Crippen LogP contribution in [-0.2, 0) is 11.3 Å². The molecule has 0 heterocycles.